The molecular formula is C15H17N3O2. The highest BCUT2D eigenvalue weighted by Gasteiger charge is 2.14. The van der Waals surface area contributed by atoms with E-state index in [0.29, 0.717) is 0 Å². The second kappa shape index (κ2) is 5.09. The average molecular weight is 271 g/mol. The summed E-state index contributed by atoms with van der Waals surface area (Å²) in [4.78, 5) is 17.9. The van der Waals surface area contributed by atoms with Crippen molar-refractivity contribution in [3.8, 4) is 0 Å². The molecule has 0 spiro atoms. The van der Waals surface area contributed by atoms with Crippen LogP contribution >= 0.6 is 0 Å². The second-order valence-electron chi connectivity index (χ2n) is 5.07. The summed E-state index contributed by atoms with van der Waals surface area (Å²) >= 11 is 0. The number of carbonyl (C=O) groups is 1. The van der Waals surface area contributed by atoms with E-state index < -0.39 is 5.97 Å². The molecule has 2 heterocycles. The molecule has 1 fully saturated rings. The van der Waals surface area contributed by atoms with E-state index in [1.165, 1.54) is 0 Å². The first kappa shape index (κ1) is 12.9. The van der Waals surface area contributed by atoms with Crippen LogP contribution in [-0.2, 0) is 0 Å². The predicted molar refractivity (Wildman–Crippen MR) is 78.5 cm³/mol. The van der Waals surface area contributed by atoms with Gasteiger partial charge in [0.25, 0.3) is 0 Å². The zero-order chi connectivity index (χ0) is 14.1. The maximum atomic E-state index is 11.1. The Labute approximate surface area is 117 Å². The number of nitrogens with zero attached hydrogens (tertiary/aromatic N) is 2. The Morgan fingerprint density at radius 2 is 2.05 bits per heavy atom. The minimum atomic E-state index is -0.918. The number of nitrogens with one attached hydrogen (secondary N) is 1. The van der Waals surface area contributed by atoms with Crippen LogP contribution in [0.3, 0.4) is 0 Å². The molecule has 1 saturated heterocycles. The first-order valence-electron chi connectivity index (χ1n) is 6.75. The van der Waals surface area contributed by atoms with Crippen LogP contribution < -0.4 is 10.2 Å². The fourth-order valence-corrected chi connectivity index (χ4v) is 2.57. The number of carboxylic acid groups (broad SMARTS) is 1. The molecule has 0 bridgehead atoms. The summed E-state index contributed by atoms with van der Waals surface area (Å²) in [7, 11) is 0. The fraction of sp³-hybridized carbons (Fsp3) is 0.333. The summed E-state index contributed by atoms with van der Waals surface area (Å²) in [6.07, 6.45) is 0. The second-order valence-corrected chi connectivity index (χ2v) is 5.07. The molecule has 0 saturated carbocycles. The zero-order valence-corrected chi connectivity index (χ0v) is 11.4. The van der Waals surface area contributed by atoms with Gasteiger partial charge in [0, 0.05) is 31.6 Å². The topological polar surface area (TPSA) is 65.5 Å². The Bertz CT molecular complexity index is 663. The van der Waals surface area contributed by atoms with Gasteiger partial charge in [-0.3, -0.25) is 0 Å². The van der Waals surface area contributed by atoms with Crippen molar-refractivity contribution >= 4 is 22.7 Å². The SMILES string of the molecule is Cc1cc(N2CCNCC2)nc2cc(C(=O)O)ccc12. The van der Waals surface area contributed by atoms with Crippen LogP contribution in [0.5, 0.6) is 0 Å². The van der Waals surface area contributed by atoms with Crippen LogP contribution in [0.4, 0.5) is 5.82 Å². The quantitative estimate of drug-likeness (QED) is 0.869. The Morgan fingerprint density at radius 1 is 1.30 bits per heavy atom. The van der Waals surface area contributed by atoms with Gasteiger partial charge in [0.05, 0.1) is 11.1 Å². The smallest absolute Gasteiger partial charge is 0.335 e. The summed E-state index contributed by atoms with van der Waals surface area (Å²) in [5.41, 5.74) is 2.15. The maximum Gasteiger partial charge on any atom is 0.335 e. The third-order valence-corrected chi connectivity index (χ3v) is 3.69. The number of rotatable bonds is 2. The van der Waals surface area contributed by atoms with E-state index in [1.807, 2.05) is 13.0 Å². The first-order chi connectivity index (χ1) is 9.65. The van der Waals surface area contributed by atoms with Crippen molar-refractivity contribution in [1.82, 2.24) is 10.3 Å². The van der Waals surface area contributed by atoms with Crippen LogP contribution in [-0.4, -0.2) is 42.2 Å². The number of fused-ring (bicyclic) bond motifs is 1. The number of pyridine rings is 1. The molecule has 20 heavy (non-hydrogen) atoms. The molecule has 2 N–H and O–H groups in total. The number of benzene rings is 1. The summed E-state index contributed by atoms with van der Waals surface area (Å²) in [5, 5.41) is 13.4. The number of aryl methyl sites for hydroxylation is 1. The lowest BCUT2D eigenvalue weighted by molar-refractivity contribution is 0.0697. The van der Waals surface area contributed by atoms with Crippen molar-refractivity contribution in [2.45, 2.75) is 6.92 Å². The molecule has 0 atom stereocenters. The number of anilines is 1. The number of piperazine rings is 1. The minimum absolute atomic E-state index is 0.280. The molecular weight excluding hydrogens is 254 g/mol. The summed E-state index contributed by atoms with van der Waals surface area (Å²) in [6, 6.07) is 7.19. The van der Waals surface area contributed by atoms with E-state index >= 15 is 0 Å². The van der Waals surface area contributed by atoms with Crippen LogP contribution in [0.2, 0.25) is 0 Å². The van der Waals surface area contributed by atoms with Gasteiger partial charge >= 0.3 is 5.97 Å². The number of aromatic nitrogens is 1. The monoisotopic (exact) mass is 271 g/mol. The highest BCUT2D eigenvalue weighted by atomic mass is 16.4. The van der Waals surface area contributed by atoms with Gasteiger partial charge in [-0.25, -0.2) is 9.78 Å². The van der Waals surface area contributed by atoms with Crippen molar-refractivity contribution in [1.29, 1.82) is 0 Å². The third-order valence-electron chi connectivity index (χ3n) is 3.69. The number of hydrogen-bond acceptors (Lipinski definition) is 4. The van der Waals surface area contributed by atoms with E-state index in [2.05, 4.69) is 21.3 Å². The van der Waals surface area contributed by atoms with Gasteiger partial charge in [-0.15, -0.1) is 0 Å². The van der Waals surface area contributed by atoms with Crippen molar-refractivity contribution in [2.24, 2.45) is 0 Å². The van der Waals surface area contributed by atoms with E-state index in [9.17, 15) is 4.79 Å². The maximum absolute atomic E-state index is 11.1. The van der Waals surface area contributed by atoms with Crippen LogP contribution in [0.1, 0.15) is 15.9 Å². The van der Waals surface area contributed by atoms with E-state index in [4.69, 9.17) is 5.11 Å². The molecule has 5 nitrogen and oxygen atoms in total. The Morgan fingerprint density at radius 3 is 2.75 bits per heavy atom. The van der Waals surface area contributed by atoms with E-state index in [1.54, 1.807) is 12.1 Å². The molecule has 3 rings (SSSR count). The molecule has 2 aromatic rings. The van der Waals surface area contributed by atoms with Gasteiger partial charge in [-0.05, 0) is 30.7 Å². The molecule has 0 aliphatic carbocycles. The van der Waals surface area contributed by atoms with Gasteiger partial charge < -0.3 is 15.3 Å². The largest absolute Gasteiger partial charge is 0.478 e. The lowest BCUT2D eigenvalue weighted by Crippen LogP contribution is -2.43. The molecule has 104 valence electrons. The number of aromatic carboxylic acids is 1. The average Bonchev–Trinajstić information content (AvgIpc) is 2.47. The molecule has 1 aromatic heterocycles. The Kier molecular flexibility index (Phi) is 3.28. The molecule has 1 aromatic carbocycles. The summed E-state index contributed by atoms with van der Waals surface area (Å²) < 4.78 is 0. The number of hydrogen-bond donors (Lipinski definition) is 2. The lowest BCUT2D eigenvalue weighted by atomic mass is 10.1. The molecule has 0 amide bonds. The van der Waals surface area contributed by atoms with E-state index in [0.717, 1.165) is 48.5 Å². The minimum Gasteiger partial charge on any atom is -0.478 e. The van der Waals surface area contributed by atoms with Crippen molar-refractivity contribution in [2.75, 3.05) is 31.1 Å². The van der Waals surface area contributed by atoms with Gasteiger partial charge in [-0.2, -0.15) is 0 Å². The van der Waals surface area contributed by atoms with Gasteiger partial charge in [-0.1, -0.05) is 6.07 Å². The van der Waals surface area contributed by atoms with Crippen molar-refractivity contribution in [3.05, 3.63) is 35.4 Å². The van der Waals surface area contributed by atoms with Gasteiger partial charge in [0.2, 0.25) is 0 Å². The molecule has 1 aliphatic rings. The third kappa shape index (κ3) is 2.32. The van der Waals surface area contributed by atoms with Crippen molar-refractivity contribution < 1.29 is 9.90 Å². The summed E-state index contributed by atoms with van der Waals surface area (Å²) in [5.74, 6) is 0.0120. The highest BCUT2D eigenvalue weighted by molar-refractivity contribution is 5.94. The highest BCUT2D eigenvalue weighted by Crippen LogP contribution is 2.23. The van der Waals surface area contributed by atoms with E-state index in [-0.39, 0.29) is 5.56 Å². The number of carboxylic acids is 1. The lowest BCUT2D eigenvalue weighted by Gasteiger charge is -2.29. The van der Waals surface area contributed by atoms with Crippen LogP contribution in [0, 0.1) is 6.92 Å². The normalized spacial score (nSPS) is 15.6. The molecule has 0 unspecified atom stereocenters. The predicted octanol–water partition coefficient (Wildman–Crippen LogP) is 1.65. The molecule has 0 radical (unpaired) electrons. The summed E-state index contributed by atoms with van der Waals surface area (Å²) in [6.45, 7) is 5.80. The van der Waals surface area contributed by atoms with Gasteiger partial charge in [0.15, 0.2) is 0 Å². The zero-order valence-electron chi connectivity index (χ0n) is 11.4. The fourth-order valence-electron chi connectivity index (χ4n) is 2.57. The molecule has 1 aliphatic heterocycles. The molecule has 5 heteroatoms. The Hall–Kier alpha value is -2.14. The van der Waals surface area contributed by atoms with Crippen LogP contribution in [0.25, 0.3) is 10.9 Å². The van der Waals surface area contributed by atoms with Crippen LogP contribution in [0.15, 0.2) is 24.3 Å². The first-order valence-corrected chi connectivity index (χ1v) is 6.75. The Balaban J connectivity index is 2.08. The van der Waals surface area contributed by atoms with Gasteiger partial charge in [0.1, 0.15) is 5.82 Å². The standard InChI is InChI=1S/C15H17N3O2/c1-10-8-14(18-6-4-16-5-7-18)17-13-9-11(15(19)20)2-3-12(10)13/h2-3,8-9,16H,4-7H2,1H3,(H,19,20). The van der Waals surface area contributed by atoms with Crippen molar-refractivity contribution in [3.63, 3.8) is 0 Å².